The monoisotopic (exact) mass is 1560 g/mol. The van der Waals surface area contributed by atoms with E-state index in [1.807, 2.05) is 277 Å². The van der Waals surface area contributed by atoms with E-state index in [0.717, 1.165) is 0 Å². The van der Waals surface area contributed by atoms with Crippen LogP contribution in [0.1, 0.15) is 277 Å². The summed E-state index contributed by atoms with van der Waals surface area (Å²) >= 11 is 0. The summed E-state index contributed by atoms with van der Waals surface area (Å²) in [5.41, 5.74) is 0. The summed E-state index contributed by atoms with van der Waals surface area (Å²) in [7, 11) is 0. The van der Waals surface area contributed by atoms with E-state index >= 15 is 0 Å². The van der Waals surface area contributed by atoms with Crippen LogP contribution in [0.3, 0.4) is 0 Å². The van der Waals surface area contributed by atoms with E-state index in [2.05, 4.69) is 0 Å². The highest BCUT2D eigenvalue weighted by Crippen LogP contribution is 2.37. The van der Waals surface area contributed by atoms with Gasteiger partial charge in [-0.05, 0) is 277 Å². The van der Waals surface area contributed by atoms with Crippen LogP contribution < -0.4 is 0 Å². The highest BCUT2D eigenvalue weighted by atomic mass is 16.8. The van der Waals surface area contributed by atoms with Crippen molar-refractivity contribution in [2.75, 3.05) is 26.4 Å². The Bertz CT molecular complexity index is 1880. The fourth-order valence-electron chi connectivity index (χ4n) is 12.3. The summed E-state index contributed by atoms with van der Waals surface area (Å²) in [4.78, 5) is 0. The molecule has 4 aliphatic rings. The predicted octanol–water partition coefficient (Wildman–Crippen LogP) is 15.8. The molecule has 0 aromatic heterocycles. The Labute approximate surface area is 659 Å². The summed E-state index contributed by atoms with van der Waals surface area (Å²) in [6.45, 7) is 82.0. The van der Waals surface area contributed by atoms with E-state index in [4.69, 9.17) is 114 Å². The van der Waals surface area contributed by atoms with Gasteiger partial charge in [-0.25, -0.2) is 0 Å². The normalized spacial score (nSPS) is 29.7. The molecule has 4 rings (SSSR count). The highest BCUT2D eigenvalue weighted by molar-refractivity contribution is 4.98. The largest absolute Gasteiger partial charge is 0.376 e. The molecule has 4 saturated heterocycles. The lowest BCUT2D eigenvalue weighted by Gasteiger charge is -2.47. The van der Waals surface area contributed by atoms with Gasteiger partial charge in [0.1, 0.15) is 97.7 Å². The molecule has 4 heterocycles. The molecule has 0 N–H and O–H groups in total. The predicted molar refractivity (Wildman–Crippen MR) is 424 cm³/mol. The van der Waals surface area contributed by atoms with E-state index in [9.17, 15) is 0 Å². The molecular formula is C84H168O24. The lowest BCUT2D eigenvalue weighted by Crippen LogP contribution is -2.63. The summed E-state index contributed by atoms with van der Waals surface area (Å²) in [5, 5.41) is 0. The number of hydrogen-bond donors (Lipinski definition) is 0. The fraction of sp³-hybridized carbons (Fsp3) is 1.00. The molecule has 0 spiro atoms. The van der Waals surface area contributed by atoms with Gasteiger partial charge in [-0.2, -0.15) is 0 Å². The average molecular weight is 1560 g/mol. The van der Waals surface area contributed by atoms with E-state index in [1.54, 1.807) is 0 Å². The molecule has 108 heavy (non-hydrogen) atoms. The second-order valence-corrected chi connectivity index (χ2v) is 34.2. The molecule has 0 amide bonds. The van der Waals surface area contributed by atoms with Crippen LogP contribution in [0.5, 0.6) is 0 Å². The van der Waals surface area contributed by atoms with Crippen molar-refractivity contribution in [3.05, 3.63) is 0 Å². The third kappa shape index (κ3) is 42.8. The van der Waals surface area contributed by atoms with Gasteiger partial charge in [0.05, 0.1) is 149 Å². The van der Waals surface area contributed by atoms with Crippen LogP contribution in [0.25, 0.3) is 0 Å². The molecule has 24 heteroatoms. The third-order valence-electron chi connectivity index (χ3n) is 15.5. The Kier molecular flexibility index (Phi) is 52.6. The van der Waals surface area contributed by atoms with Crippen LogP contribution in [0.15, 0.2) is 0 Å². The second kappa shape index (κ2) is 54.1. The van der Waals surface area contributed by atoms with Crippen molar-refractivity contribution in [1.29, 1.82) is 0 Å². The van der Waals surface area contributed by atoms with Crippen molar-refractivity contribution >= 4 is 0 Å². The molecule has 24 nitrogen and oxygen atoms in total. The fourth-order valence-corrected chi connectivity index (χ4v) is 12.3. The van der Waals surface area contributed by atoms with Crippen LogP contribution in [-0.4, -0.2) is 271 Å². The van der Waals surface area contributed by atoms with Gasteiger partial charge in [-0.1, -0.05) is 0 Å². The minimum atomic E-state index is -0.538. The van der Waals surface area contributed by atoms with Crippen molar-refractivity contribution in [2.24, 2.45) is 0 Å². The van der Waals surface area contributed by atoms with Crippen LogP contribution >= 0.6 is 0 Å². The van der Waals surface area contributed by atoms with Crippen molar-refractivity contribution in [3.63, 3.8) is 0 Å². The molecule has 0 aromatic carbocycles. The Hall–Kier alpha value is -0.960. The zero-order valence-corrected chi connectivity index (χ0v) is 75.7. The Morgan fingerprint density at radius 2 is 0.250 bits per heavy atom. The standard InChI is InChI=1S/4C21H42O6/c4*1-12(2)22-11-17-18(23-13(3)4)19(24-14(5)6)20(25-15(7)8)21(27-17)26-16(9)10/h4*12-21H,11H2,1-10H3/t17-,18+,19+,20-,21-;17-,18-,19+,20+,21?;17-,18-,19-,20-,21?;/m111./s1. The molecule has 7 unspecified atom stereocenters. The summed E-state index contributed by atoms with van der Waals surface area (Å²) in [5.74, 6) is 0. The first kappa shape index (κ1) is 105. The summed E-state index contributed by atoms with van der Waals surface area (Å²) < 4.78 is 148. The van der Waals surface area contributed by atoms with Gasteiger partial charge in [-0.15, -0.1) is 0 Å². The molecule has 0 bridgehead atoms. The Morgan fingerprint density at radius 3 is 0.361 bits per heavy atom. The van der Waals surface area contributed by atoms with Gasteiger partial charge in [0.15, 0.2) is 25.2 Å². The van der Waals surface area contributed by atoms with E-state index in [0.29, 0.717) is 26.4 Å². The second-order valence-electron chi connectivity index (χ2n) is 34.2. The third-order valence-corrected chi connectivity index (χ3v) is 15.5. The molecular weight excluding hydrogens is 1390 g/mol. The maximum Gasteiger partial charge on any atom is 0.187 e. The number of ether oxygens (including phenoxy) is 24. The maximum atomic E-state index is 6.31. The lowest BCUT2D eigenvalue weighted by atomic mass is 9.97. The van der Waals surface area contributed by atoms with Crippen molar-refractivity contribution < 1.29 is 114 Å². The maximum absolute atomic E-state index is 6.31. The minimum Gasteiger partial charge on any atom is -0.376 e. The van der Waals surface area contributed by atoms with E-state index in [-0.39, 0.29) is 220 Å². The summed E-state index contributed by atoms with van der Waals surface area (Å²) in [6, 6.07) is 0. The van der Waals surface area contributed by atoms with Crippen LogP contribution in [0.4, 0.5) is 0 Å². The van der Waals surface area contributed by atoms with Crippen molar-refractivity contribution in [3.8, 4) is 0 Å². The molecule has 20 atom stereocenters. The Balaban J connectivity index is 0.000000720. The first-order valence-electron chi connectivity index (χ1n) is 41.6. The Morgan fingerprint density at radius 1 is 0.139 bits per heavy atom. The molecule has 0 aromatic rings. The molecule has 4 aliphatic heterocycles. The molecule has 0 saturated carbocycles. The minimum absolute atomic E-state index is 0.00203. The molecule has 4 fully saturated rings. The zero-order valence-electron chi connectivity index (χ0n) is 75.7. The topological polar surface area (TPSA) is 222 Å². The highest BCUT2D eigenvalue weighted by Gasteiger charge is 2.55. The molecule has 648 valence electrons. The number of hydrogen-bond acceptors (Lipinski definition) is 24. The van der Waals surface area contributed by atoms with E-state index < -0.39 is 25.2 Å². The first-order valence-corrected chi connectivity index (χ1v) is 41.6. The van der Waals surface area contributed by atoms with Gasteiger partial charge in [0.2, 0.25) is 0 Å². The van der Waals surface area contributed by atoms with Crippen molar-refractivity contribution in [2.45, 2.75) is 522 Å². The number of rotatable bonds is 44. The van der Waals surface area contributed by atoms with Crippen LogP contribution in [0, 0.1) is 0 Å². The molecule has 0 radical (unpaired) electrons. The smallest absolute Gasteiger partial charge is 0.187 e. The quantitative estimate of drug-likeness (QED) is 0.0553. The van der Waals surface area contributed by atoms with Gasteiger partial charge in [-0.3, -0.25) is 0 Å². The van der Waals surface area contributed by atoms with Gasteiger partial charge in [0.25, 0.3) is 0 Å². The summed E-state index contributed by atoms with van der Waals surface area (Å²) in [6.07, 6.45) is -6.64. The zero-order chi connectivity index (χ0) is 82.9. The average Bonchev–Trinajstić information content (AvgIpc) is 0.809. The van der Waals surface area contributed by atoms with Gasteiger partial charge in [0, 0.05) is 0 Å². The van der Waals surface area contributed by atoms with Crippen molar-refractivity contribution in [1.82, 2.24) is 0 Å². The van der Waals surface area contributed by atoms with Gasteiger partial charge >= 0.3 is 0 Å². The van der Waals surface area contributed by atoms with E-state index in [1.165, 1.54) is 0 Å². The SMILES string of the molecule is CC(C)OCC1OC(OC(C)C)C(OC(C)C)C(OC(C)C)C1OC(C)C.CC(C)OC[C@H]1OC(OC(C)C)[C@@H](OC(C)C)[C@@H](OC(C)C)[C@@H]1OC(C)C.CC(C)OC[C@H]1OC(OC(C)C)[C@H](OC(C)C)[C@H](OC(C)C)[C@@H]1OC(C)C.CC(C)OC[C@H]1O[C@@H](OC(C)C)[C@H](OC(C)C)[C@@H](OC(C)C)[C@H]1OC(C)C. The van der Waals surface area contributed by atoms with Crippen LogP contribution in [-0.2, 0) is 114 Å². The van der Waals surface area contributed by atoms with Crippen LogP contribution in [0.2, 0.25) is 0 Å². The first-order chi connectivity index (χ1) is 50.0. The van der Waals surface area contributed by atoms with Gasteiger partial charge < -0.3 is 114 Å². The lowest BCUT2D eigenvalue weighted by molar-refractivity contribution is -0.340. The molecule has 0 aliphatic carbocycles.